The molecule has 3 aliphatic heterocycles. The van der Waals surface area contributed by atoms with Crippen LogP contribution in [-0.4, -0.2) is 70.4 Å². The molecular weight excluding hydrogens is 699 g/mol. The second-order valence-electron chi connectivity index (χ2n) is 17.8. The summed E-state index contributed by atoms with van der Waals surface area (Å²) in [7, 11) is 0. The first-order valence-corrected chi connectivity index (χ1v) is 22.8. The predicted octanol–water partition coefficient (Wildman–Crippen LogP) is 11.6. The molecule has 300 valence electrons. The summed E-state index contributed by atoms with van der Waals surface area (Å²) in [6.45, 7) is 18.9. The van der Waals surface area contributed by atoms with Gasteiger partial charge < -0.3 is 14.0 Å². The first-order valence-electron chi connectivity index (χ1n) is 22.8. The molecule has 8 rings (SSSR count). The van der Waals surface area contributed by atoms with Crippen LogP contribution in [0.15, 0.2) is 72.8 Å². The Morgan fingerprint density at radius 3 is 1.49 bits per heavy atom. The normalized spacial score (nSPS) is 20.6. The molecule has 4 aliphatic rings. The molecule has 5 nitrogen and oxygen atoms in total. The highest BCUT2D eigenvalue weighted by Crippen LogP contribution is 2.47. The minimum absolute atomic E-state index is 0.319. The molecule has 0 N–H and O–H groups in total. The van der Waals surface area contributed by atoms with Gasteiger partial charge in [0.15, 0.2) is 23.9 Å². The fourth-order valence-electron chi connectivity index (χ4n) is 10.6. The van der Waals surface area contributed by atoms with Gasteiger partial charge in [0.2, 0.25) is 12.1 Å². The lowest BCUT2D eigenvalue weighted by molar-refractivity contribution is -0.928. The van der Waals surface area contributed by atoms with E-state index < -0.39 is 6.03 Å². The third-order valence-electron chi connectivity index (χ3n) is 13.7. The van der Waals surface area contributed by atoms with Gasteiger partial charge in [-0.1, -0.05) is 111 Å². The minimum atomic E-state index is -1.03. The Morgan fingerprint density at radius 2 is 1.04 bits per heavy atom. The number of rotatable bonds is 16. The number of aryl methyl sites for hydroxylation is 3. The van der Waals surface area contributed by atoms with Crippen LogP contribution in [0.2, 0.25) is 0 Å². The average Bonchev–Trinajstić information content (AvgIpc) is 3.51. The molecule has 0 amide bonds. The van der Waals surface area contributed by atoms with E-state index in [9.17, 15) is 0 Å². The largest absolute Gasteiger partial charge is 0.704 e. The van der Waals surface area contributed by atoms with E-state index in [1.54, 1.807) is 0 Å². The standard InChI is InChI=1S/C52H68N3O2/c1-7-11-28-55(29-12-8-2,30-13-9-3)31-27-41-22-15-17-24-47(41)43-33-39(6)51-45(35-43)37-54-49-26-19-18-25-48(49)53-36-44-34-42(46-23-16-14-21-40(46)20-10-4)32-38(5)50(44)56-52(53,54)57-51/h14-17,21-24,32-37,48-49H,7-13,18-20,25-31H2,1-6H3/q+3. The number of unbranched alkanes of at least 4 members (excludes halogenated alkanes) is 3. The Balaban J connectivity index is 1.15. The van der Waals surface area contributed by atoms with Crippen molar-refractivity contribution in [3.8, 4) is 33.8 Å². The van der Waals surface area contributed by atoms with E-state index in [4.69, 9.17) is 9.47 Å². The van der Waals surface area contributed by atoms with Crippen LogP contribution in [0.4, 0.5) is 0 Å². The van der Waals surface area contributed by atoms with Crippen molar-refractivity contribution in [1.82, 2.24) is 0 Å². The molecule has 1 saturated heterocycles. The monoisotopic (exact) mass is 767 g/mol. The Bertz CT molecular complexity index is 2130. The van der Waals surface area contributed by atoms with Crippen molar-refractivity contribution in [2.24, 2.45) is 0 Å². The van der Waals surface area contributed by atoms with Crippen LogP contribution in [0.3, 0.4) is 0 Å². The highest BCUT2D eigenvalue weighted by Gasteiger charge is 2.76. The van der Waals surface area contributed by atoms with Crippen molar-refractivity contribution in [3.63, 3.8) is 0 Å². The number of ether oxygens (including phenoxy) is 2. The van der Waals surface area contributed by atoms with Crippen LogP contribution in [0.5, 0.6) is 11.5 Å². The smallest absolute Gasteiger partial charge is 0.340 e. The molecule has 1 aliphatic carbocycles. The summed E-state index contributed by atoms with van der Waals surface area (Å²) in [5.74, 6) is 1.86. The van der Waals surface area contributed by atoms with Crippen molar-refractivity contribution < 1.29 is 23.1 Å². The number of hydrogen-bond donors (Lipinski definition) is 0. The highest BCUT2D eigenvalue weighted by molar-refractivity contribution is 5.88. The molecule has 0 bridgehead atoms. The van der Waals surface area contributed by atoms with Crippen molar-refractivity contribution in [2.45, 2.75) is 143 Å². The Labute approximate surface area is 343 Å². The molecule has 5 heteroatoms. The van der Waals surface area contributed by atoms with Crippen molar-refractivity contribution >= 4 is 12.4 Å². The third kappa shape index (κ3) is 7.50. The van der Waals surface area contributed by atoms with E-state index in [0.717, 1.165) is 65.9 Å². The molecule has 1 spiro atoms. The van der Waals surface area contributed by atoms with Gasteiger partial charge in [-0.05, 0) is 121 Å². The Kier molecular flexibility index (Phi) is 11.8. The molecule has 4 aromatic carbocycles. The van der Waals surface area contributed by atoms with E-state index in [1.165, 1.54) is 115 Å². The highest BCUT2D eigenvalue weighted by atomic mass is 16.7. The lowest BCUT2D eigenvalue weighted by Crippen LogP contribution is -2.60. The van der Waals surface area contributed by atoms with Crippen LogP contribution in [0.1, 0.15) is 132 Å². The molecule has 3 atom stereocenters. The zero-order valence-electron chi connectivity index (χ0n) is 35.9. The minimum Gasteiger partial charge on any atom is -0.340 e. The molecule has 3 unspecified atom stereocenters. The molecule has 3 heterocycles. The van der Waals surface area contributed by atoms with Crippen LogP contribution in [0, 0.1) is 13.8 Å². The topological polar surface area (TPSA) is 24.5 Å². The fourth-order valence-corrected chi connectivity index (χ4v) is 10.6. The molecular formula is C52H68N3O2+3. The SMILES string of the molecule is CCCC[N+](CCCC)(CCCC)CCc1ccccc1-c1cc(C)c2c(c1)C=[N+]1C3CCCCC3[N+]3=Cc4cc(-c5ccccc5CCC)cc(C)c4OC31O2. The van der Waals surface area contributed by atoms with Gasteiger partial charge in [0.05, 0.1) is 37.3 Å². The maximum Gasteiger partial charge on any atom is 0.704 e. The van der Waals surface area contributed by atoms with Crippen molar-refractivity contribution in [1.29, 1.82) is 0 Å². The second-order valence-corrected chi connectivity index (χ2v) is 17.8. The molecule has 0 aromatic heterocycles. The second kappa shape index (κ2) is 16.9. The van der Waals surface area contributed by atoms with Crippen LogP contribution in [0.25, 0.3) is 22.3 Å². The molecule has 57 heavy (non-hydrogen) atoms. The molecule has 2 fully saturated rings. The van der Waals surface area contributed by atoms with Crippen LogP contribution >= 0.6 is 0 Å². The van der Waals surface area contributed by atoms with Gasteiger partial charge in [0.25, 0.3) is 0 Å². The summed E-state index contributed by atoms with van der Waals surface area (Å²) in [4.78, 5) is 0. The summed E-state index contributed by atoms with van der Waals surface area (Å²) in [5.41, 5.74) is 12.7. The number of hydrogen-bond acceptors (Lipinski definition) is 2. The van der Waals surface area contributed by atoms with Gasteiger partial charge in [0.1, 0.15) is 0 Å². The van der Waals surface area contributed by atoms with E-state index in [-0.39, 0.29) is 0 Å². The van der Waals surface area contributed by atoms with Crippen LogP contribution in [-0.2, 0) is 12.8 Å². The Morgan fingerprint density at radius 1 is 0.579 bits per heavy atom. The van der Waals surface area contributed by atoms with Gasteiger partial charge in [-0.2, -0.15) is 0 Å². The van der Waals surface area contributed by atoms with E-state index in [2.05, 4.69) is 136 Å². The lowest BCUT2D eigenvalue weighted by Gasteiger charge is -2.39. The summed E-state index contributed by atoms with van der Waals surface area (Å²) < 4.78 is 20.8. The first-order chi connectivity index (χ1) is 27.8. The van der Waals surface area contributed by atoms with Gasteiger partial charge in [-0.15, -0.1) is 0 Å². The maximum absolute atomic E-state index is 7.34. The zero-order chi connectivity index (χ0) is 39.6. The first kappa shape index (κ1) is 39.6. The summed E-state index contributed by atoms with van der Waals surface area (Å²) in [5, 5.41) is 0. The summed E-state index contributed by atoms with van der Waals surface area (Å²) >= 11 is 0. The average molecular weight is 767 g/mol. The predicted molar refractivity (Wildman–Crippen MR) is 236 cm³/mol. The number of benzene rings is 4. The fraction of sp³-hybridized carbons (Fsp3) is 0.500. The Hall–Kier alpha value is -4.22. The lowest BCUT2D eigenvalue weighted by atomic mass is 9.90. The zero-order valence-corrected chi connectivity index (χ0v) is 35.9. The molecule has 0 radical (unpaired) electrons. The number of nitrogens with zero attached hydrogens (tertiary/aromatic N) is 3. The van der Waals surface area contributed by atoms with E-state index in [0.29, 0.717) is 12.1 Å². The quantitative estimate of drug-likeness (QED) is 0.0838. The van der Waals surface area contributed by atoms with Gasteiger partial charge in [0, 0.05) is 19.3 Å². The maximum atomic E-state index is 7.34. The number of quaternary nitrogens is 1. The van der Waals surface area contributed by atoms with Crippen molar-refractivity contribution in [2.75, 3.05) is 26.2 Å². The molecule has 1 saturated carbocycles. The van der Waals surface area contributed by atoms with Gasteiger partial charge >= 0.3 is 6.03 Å². The van der Waals surface area contributed by atoms with Gasteiger partial charge in [-0.25, -0.2) is 0 Å². The summed E-state index contributed by atoms with van der Waals surface area (Å²) in [6.07, 6.45) is 20.6. The van der Waals surface area contributed by atoms with Crippen molar-refractivity contribution in [3.05, 3.63) is 106 Å². The third-order valence-corrected chi connectivity index (χ3v) is 13.7. The molecule has 4 aromatic rings. The van der Waals surface area contributed by atoms with E-state index >= 15 is 0 Å². The summed E-state index contributed by atoms with van der Waals surface area (Å²) in [6, 6.07) is 27.1. The van der Waals surface area contributed by atoms with Gasteiger partial charge in [-0.3, -0.25) is 0 Å². The number of fused-ring (bicyclic) bond motifs is 5. The van der Waals surface area contributed by atoms with Crippen LogP contribution < -0.4 is 9.47 Å². The van der Waals surface area contributed by atoms with E-state index in [1.807, 2.05) is 0 Å².